The topological polar surface area (TPSA) is 63.1 Å². The zero-order valence-electron chi connectivity index (χ0n) is 17.3. The number of rotatable bonds is 8. The number of aromatic nitrogens is 3. The van der Waals surface area contributed by atoms with Gasteiger partial charge < -0.3 is 14.8 Å². The van der Waals surface area contributed by atoms with E-state index < -0.39 is 0 Å². The average molecular weight is 410 g/mol. The van der Waals surface area contributed by atoms with Crippen LogP contribution in [0, 0.1) is 6.92 Å². The maximum Gasteiger partial charge on any atom is 0.234 e. The summed E-state index contributed by atoms with van der Waals surface area (Å²) in [5.41, 5.74) is 4.14. The number of carbonyl (C=O) groups excluding carboxylic acids is 1. The van der Waals surface area contributed by atoms with Gasteiger partial charge in [0, 0.05) is 37.1 Å². The van der Waals surface area contributed by atoms with Crippen molar-refractivity contribution in [3.63, 3.8) is 0 Å². The van der Waals surface area contributed by atoms with Gasteiger partial charge in [0.15, 0.2) is 11.0 Å². The van der Waals surface area contributed by atoms with E-state index in [2.05, 4.69) is 53.3 Å². The van der Waals surface area contributed by atoms with Crippen LogP contribution in [-0.4, -0.2) is 39.5 Å². The quantitative estimate of drug-likeness (QED) is 0.560. The molecule has 0 spiro atoms. The molecular formula is C22H27N5OS. The molecule has 0 saturated carbocycles. The highest BCUT2D eigenvalue weighted by molar-refractivity contribution is 7.99. The largest absolute Gasteiger partial charge is 0.372 e. The summed E-state index contributed by atoms with van der Waals surface area (Å²) in [6.07, 6.45) is 0. The van der Waals surface area contributed by atoms with Crippen molar-refractivity contribution >= 4 is 29.0 Å². The minimum Gasteiger partial charge on any atom is -0.372 e. The van der Waals surface area contributed by atoms with Crippen LogP contribution in [0.25, 0.3) is 11.4 Å². The fourth-order valence-corrected chi connectivity index (χ4v) is 3.86. The van der Waals surface area contributed by atoms with Crippen molar-refractivity contribution in [2.45, 2.75) is 25.9 Å². The molecule has 152 valence electrons. The zero-order valence-corrected chi connectivity index (χ0v) is 18.2. The number of carbonyl (C=O) groups is 1. The van der Waals surface area contributed by atoms with Crippen LogP contribution in [0.2, 0.25) is 0 Å². The number of anilines is 2. The van der Waals surface area contributed by atoms with Gasteiger partial charge in [0.05, 0.1) is 5.75 Å². The Morgan fingerprint density at radius 3 is 2.48 bits per heavy atom. The summed E-state index contributed by atoms with van der Waals surface area (Å²) in [7, 11) is 1.92. The molecule has 1 amide bonds. The monoisotopic (exact) mass is 409 g/mol. The summed E-state index contributed by atoms with van der Waals surface area (Å²) in [6.45, 7) is 8.23. The highest BCUT2D eigenvalue weighted by Crippen LogP contribution is 2.24. The molecule has 0 unspecified atom stereocenters. The summed E-state index contributed by atoms with van der Waals surface area (Å²) < 4.78 is 1.92. The van der Waals surface area contributed by atoms with Gasteiger partial charge >= 0.3 is 0 Å². The second-order valence-corrected chi connectivity index (χ2v) is 7.73. The molecule has 2 aromatic carbocycles. The molecule has 29 heavy (non-hydrogen) atoms. The van der Waals surface area contributed by atoms with E-state index in [4.69, 9.17) is 0 Å². The lowest BCUT2D eigenvalue weighted by Gasteiger charge is -2.21. The summed E-state index contributed by atoms with van der Waals surface area (Å²) in [5, 5.41) is 12.2. The number of benzene rings is 2. The normalized spacial score (nSPS) is 10.8. The van der Waals surface area contributed by atoms with E-state index in [1.807, 2.05) is 48.0 Å². The summed E-state index contributed by atoms with van der Waals surface area (Å²) in [5.74, 6) is 1.01. The predicted molar refractivity (Wildman–Crippen MR) is 121 cm³/mol. The fraction of sp³-hybridized carbons (Fsp3) is 0.318. The molecule has 0 radical (unpaired) electrons. The van der Waals surface area contributed by atoms with Gasteiger partial charge in [0.25, 0.3) is 0 Å². The minimum atomic E-state index is -0.0642. The van der Waals surface area contributed by atoms with E-state index in [0.29, 0.717) is 5.16 Å². The molecule has 0 fully saturated rings. The standard InChI is InChI=1S/C22H27N5OS/c1-5-27(6-2)19-12-10-18(11-13-19)23-20(28)15-29-22-25-24-21(26(22)4)17-9-7-8-16(3)14-17/h7-14H,5-6,15H2,1-4H3,(H,23,28). The summed E-state index contributed by atoms with van der Waals surface area (Å²) in [4.78, 5) is 14.6. The molecule has 7 heteroatoms. The molecular weight excluding hydrogens is 382 g/mol. The third-order valence-electron chi connectivity index (χ3n) is 4.72. The SMILES string of the molecule is CCN(CC)c1ccc(NC(=O)CSc2nnc(-c3cccc(C)c3)n2C)cc1. The zero-order chi connectivity index (χ0) is 20.8. The van der Waals surface area contributed by atoms with Gasteiger partial charge in [-0.3, -0.25) is 4.79 Å². The molecule has 0 bridgehead atoms. The number of nitrogens with one attached hydrogen (secondary N) is 1. The number of hydrogen-bond donors (Lipinski definition) is 1. The van der Waals surface area contributed by atoms with Crippen molar-refractivity contribution in [1.29, 1.82) is 0 Å². The lowest BCUT2D eigenvalue weighted by atomic mass is 10.1. The number of thioether (sulfide) groups is 1. The third-order valence-corrected chi connectivity index (χ3v) is 5.74. The number of aryl methyl sites for hydroxylation is 1. The number of hydrogen-bond acceptors (Lipinski definition) is 5. The van der Waals surface area contributed by atoms with Gasteiger partial charge in [-0.05, 0) is 51.1 Å². The van der Waals surface area contributed by atoms with E-state index in [9.17, 15) is 4.79 Å². The Morgan fingerprint density at radius 1 is 1.10 bits per heavy atom. The maximum atomic E-state index is 12.3. The molecule has 0 aliphatic carbocycles. The van der Waals surface area contributed by atoms with E-state index in [1.165, 1.54) is 17.3 Å². The van der Waals surface area contributed by atoms with Crippen molar-refractivity contribution in [2.24, 2.45) is 7.05 Å². The first-order valence-corrected chi connectivity index (χ1v) is 10.7. The Labute approximate surface area is 176 Å². The molecule has 1 heterocycles. The van der Waals surface area contributed by atoms with Crippen LogP contribution in [-0.2, 0) is 11.8 Å². The van der Waals surface area contributed by atoms with Crippen molar-refractivity contribution in [2.75, 3.05) is 29.1 Å². The third kappa shape index (κ3) is 5.17. The highest BCUT2D eigenvalue weighted by atomic mass is 32.2. The molecule has 0 atom stereocenters. The van der Waals surface area contributed by atoms with Crippen LogP contribution < -0.4 is 10.2 Å². The Kier molecular flexibility index (Phi) is 6.93. The van der Waals surface area contributed by atoms with Gasteiger partial charge in [-0.25, -0.2) is 0 Å². The van der Waals surface area contributed by atoms with Crippen LogP contribution >= 0.6 is 11.8 Å². The van der Waals surface area contributed by atoms with Gasteiger partial charge in [-0.1, -0.05) is 35.5 Å². The van der Waals surface area contributed by atoms with Crippen molar-refractivity contribution in [1.82, 2.24) is 14.8 Å². The molecule has 1 N–H and O–H groups in total. The Hall–Kier alpha value is -2.80. The lowest BCUT2D eigenvalue weighted by Crippen LogP contribution is -2.21. The van der Waals surface area contributed by atoms with Crippen molar-refractivity contribution in [3.8, 4) is 11.4 Å². The van der Waals surface area contributed by atoms with E-state index in [0.717, 1.165) is 35.9 Å². The van der Waals surface area contributed by atoms with Gasteiger partial charge in [0.1, 0.15) is 0 Å². The van der Waals surface area contributed by atoms with Crippen molar-refractivity contribution < 1.29 is 4.79 Å². The highest BCUT2D eigenvalue weighted by Gasteiger charge is 2.13. The second-order valence-electron chi connectivity index (χ2n) is 6.79. The van der Waals surface area contributed by atoms with Gasteiger partial charge in [-0.15, -0.1) is 10.2 Å². The smallest absolute Gasteiger partial charge is 0.234 e. The van der Waals surface area contributed by atoms with Crippen LogP contribution in [0.4, 0.5) is 11.4 Å². The first kappa shape index (κ1) is 20.9. The summed E-state index contributed by atoms with van der Waals surface area (Å²) in [6, 6.07) is 16.1. The molecule has 1 aromatic heterocycles. The van der Waals surface area contributed by atoms with E-state index in [-0.39, 0.29) is 11.7 Å². The van der Waals surface area contributed by atoms with Gasteiger partial charge in [-0.2, -0.15) is 0 Å². The lowest BCUT2D eigenvalue weighted by molar-refractivity contribution is -0.113. The van der Waals surface area contributed by atoms with Crippen LogP contribution in [0.15, 0.2) is 53.7 Å². The average Bonchev–Trinajstić information content (AvgIpc) is 3.09. The Balaban J connectivity index is 1.59. The number of nitrogens with zero attached hydrogens (tertiary/aromatic N) is 4. The molecule has 3 aromatic rings. The number of amides is 1. The maximum absolute atomic E-state index is 12.3. The molecule has 0 aliphatic heterocycles. The molecule has 0 aliphatic rings. The second kappa shape index (κ2) is 9.60. The van der Waals surface area contributed by atoms with Crippen molar-refractivity contribution in [3.05, 3.63) is 54.1 Å². The minimum absolute atomic E-state index is 0.0642. The Bertz CT molecular complexity index is 964. The predicted octanol–water partition coefficient (Wildman–Crippen LogP) is 4.37. The van der Waals surface area contributed by atoms with Gasteiger partial charge in [0.2, 0.25) is 5.91 Å². The molecule has 3 rings (SSSR count). The fourth-order valence-electron chi connectivity index (χ4n) is 3.15. The summed E-state index contributed by atoms with van der Waals surface area (Å²) >= 11 is 1.38. The first-order valence-electron chi connectivity index (χ1n) is 9.76. The molecule has 0 saturated heterocycles. The first-order chi connectivity index (χ1) is 14.0. The van der Waals surface area contributed by atoms with Crippen LogP contribution in [0.1, 0.15) is 19.4 Å². The van der Waals surface area contributed by atoms with Crippen LogP contribution in [0.5, 0.6) is 0 Å². The van der Waals surface area contributed by atoms with E-state index >= 15 is 0 Å². The molecule has 6 nitrogen and oxygen atoms in total. The Morgan fingerprint density at radius 2 is 1.83 bits per heavy atom. The van der Waals surface area contributed by atoms with Crippen LogP contribution in [0.3, 0.4) is 0 Å². The van der Waals surface area contributed by atoms with E-state index in [1.54, 1.807) is 0 Å².